The molecular weight excluding hydrogens is 350 g/mol. The van der Waals surface area contributed by atoms with Gasteiger partial charge in [0, 0.05) is 69.2 Å². The van der Waals surface area contributed by atoms with E-state index in [1.165, 1.54) is 0 Å². The zero-order chi connectivity index (χ0) is 18.6. The molecule has 0 saturated carbocycles. The van der Waals surface area contributed by atoms with Gasteiger partial charge in [0.1, 0.15) is 0 Å². The molecule has 4 rings (SSSR count). The molecule has 1 aromatic heterocycles. The largest absolute Gasteiger partial charge is 0.480 e. The molecule has 0 unspecified atom stereocenters. The topological polar surface area (TPSA) is 91.3 Å². The summed E-state index contributed by atoms with van der Waals surface area (Å²) in [4.78, 5) is 26.8. The van der Waals surface area contributed by atoms with Crippen molar-refractivity contribution in [1.82, 2.24) is 19.8 Å². The van der Waals surface area contributed by atoms with E-state index < -0.39 is 5.97 Å². The molecule has 2 atom stereocenters. The van der Waals surface area contributed by atoms with Crippen LogP contribution >= 0.6 is 0 Å². The zero-order valence-electron chi connectivity index (χ0n) is 15.5. The number of carboxylic acids is 1. The molecule has 0 spiro atoms. The average molecular weight is 377 g/mol. The third kappa shape index (κ3) is 4.73. The molecule has 0 radical (unpaired) electrons. The summed E-state index contributed by atoms with van der Waals surface area (Å²) in [5.74, 6) is 0.313. The summed E-state index contributed by atoms with van der Waals surface area (Å²) in [7, 11) is 0. The molecule has 0 amide bonds. The van der Waals surface area contributed by atoms with Crippen LogP contribution in [0.5, 0.6) is 0 Å². The van der Waals surface area contributed by atoms with Gasteiger partial charge in [-0.2, -0.15) is 0 Å². The lowest BCUT2D eigenvalue weighted by Crippen LogP contribution is -2.44. The van der Waals surface area contributed by atoms with E-state index in [0.717, 1.165) is 64.0 Å². The first-order valence-electron chi connectivity index (χ1n) is 9.57. The van der Waals surface area contributed by atoms with Crippen LogP contribution in [0.1, 0.15) is 5.56 Å². The summed E-state index contributed by atoms with van der Waals surface area (Å²) in [5.41, 5.74) is 1.07. The van der Waals surface area contributed by atoms with Crippen molar-refractivity contribution < 1.29 is 19.4 Å². The number of carbonyl (C=O) groups is 1. The molecule has 3 saturated heterocycles. The van der Waals surface area contributed by atoms with Gasteiger partial charge in [0.25, 0.3) is 0 Å². The number of anilines is 1. The van der Waals surface area contributed by atoms with Gasteiger partial charge in [0.05, 0.1) is 33.0 Å². The van der Waals surface area contributed by atoms with E-state index in [-0.39, 0.29) is 12.6 Å². The number of aliphatic carboxylic acids is 1. The maximum atomic E-state index is 11.1. The Morgan fingerprint density at radius 1 is 1.11 bits per heavy atom. The molecule has 1 N–H and O–H groups in total. The Kier molecular flexibility index (Phi) is 5.82. The van der Waals surface area contributed by atoms with E-state index in [0.29, 0.717) is 19.1 Å². The second-order valence-electron chi connectivity index (χ2n) is 7.57. The number of hydrogen-bond donors (Lipinski definition) is 1. The molecule has 27 heavy (non-hydrogen) atoms. The molecule has 9 nitrogen and oxygen atoms in total. The summed E-state index contributed by atoms with van der Waals surface area (Å²) in [6, 6.07) is 0.191. The third-order valence-corrected chi connectivity index (χ3v) is 5.39. The molecule has 3 aliphatic heterocycles. The van der Waals surface area contributed by atoms with Crippen molar-refractivity contribution in [3.63, 3.8) is 0 Å². The van der Waals surface area contributed by atoms with Gasteiger partial charge in [-0.1, -0.05) is 0 Å². The van der Waals surface area contributed by atoms with E-state index in [9.17, 15) is 4.79 Å². The van der Waals surface area contributed by atoms with E-state index in [1.807, 2.05) is 17.3 Å². The Morgan fingerprint density at radius 3 is 2.63 bits per heavy atom. The maximum absolute atomic E-state index is 11.1. The maximum Gasteiger partial charge on any atom is 0.317 e. The van der Waals surface area contributed by atoms with Crippen LogP contribution < -0.4 is 4.90 Å². The number of hydrogen-bond acceptors (Lipinski definition) is 8. The van der Waals surface area contributed by atoms with E-state index in [4.69, 9.17) is 14.6 Å². The van der Waals surface area contributed by atoms with Crippen LogP contribution in [0.3, 0.4) is 0 Å². The molecule has 3 aliphatic rings. The van der Waals surface area contributed by atoms with Crippen molar-refractivity contribution >= 4 is 11.9 Å². The fourth-order valence-corrected chi connectivity index (χ4v) is 4.13. The van der Waals surface area contributed by atoms with Gasteiger partial charge < -0.3 is 19.5 Å². The Morgan fingerprint density at radius 2 is 1.89 bits per heavy atom. The first kappa shape index (κ1) is 18.5. The van der Waals surface area contributed by atoms with Crippen LogP contribution in [-0.2, 0) is 20.8 Å². The lowest BCUT2D eigenvalue weighted by Gasteiger charge is -2.30. The Bertz CT molecular complexity index is 637. The molecule has 3 fully saturated rings. The number of fused-ring (bicyclic) bond motifs is 3. The highest BCUT2D eigenvalue weighted by Gasteiger charge is 2.33. The lowest BCUT2D eigenvalue weighted by atomic mass is 10.1. The summed E-state index contributed by atoms with van der Waals surface area (Å²) in [6.45, 7) is 7.66. The average Bonchev–Trinajstić information content (AvgIpc) is 2.92. The summed E-state index contributed by atoms with van der Waals surface area (Å²) < 4.78 is 11.2. The van der Waals surface area contributed by atoms with Crippen molar-refractivity contribution in [1.29, 1.82) is 0 Å². The third-order valence-electron chi connectivity index (χ3n) is 5.39. The summed E-state index contributed by atoms with van der Waals surface area (Å²) in [6.07, 6.45) is 3.81. The molecule has 2 bridgehead atoms. The van der Waals surface area contributed by atoms with E-state index in [2.05, 4.69) is 19.8 Å². The Labute approximate surface area is 158 Å². The minimum atomic E-state index is -0.769. The van der Waals surface area contributed by atoms with Crippen molar-refractivity contribution in [3.05, 3.63) is 18.0 Å². The fraction of sp³-hybridized carbons (Fsp3) is 0.722. The highest BCUT2D eigenvalue weighted by atomic mass is 16.5. The molecule has 9 heteroatoms. The first-order chi connectivity index (χ1) is 13.2. The van der Waals surface area contributed by atoms with Crippen LogP contribution in [0.15, 0.2) is 12.4 Å². The molecule has 1 aromatic rings. The standard InChI is InChI=1S/C18H27N5O4/c24-17(25)11-21-7-15-9-23(16(10-21)13-27-12-15)8-14-5-19-18(20-6-14)22-1-3-26-4-2-22/h5-6,15-16H,1-4,7-13H2,(H,24,25)/t15-,16-/m0/s1. The fourth-order valence-electron chi connectivity index (χ4n) is 4.13. The van der Waals surface area contributed by atoms with Crippen LogP contribution in [0, 0.1) is 5.92 Å². The quantitative estimate of drug-likeness (QED) is 0.731. The van der Waals surface area contributed by atoms with Crippen molar-refractivity contribution in [2.45, 2.75) is 12.6 Å². The lowest BCUT2D eigenvalue weighted by molar-refractivity contribution is -0.138. The predicted octanol–water partition coefficient (Wildman–Crippen LogP) is -0.470. The highest BCUT2D eigenvalue weighted by Crippen LogP contribution is 2.22. The molecular formula is C18H27N5O4. The second kappa shape index (κ2) is 8.47. The highest BCUT2D eigenvalue weighted by molar-refractivity contribution is 5.69. The number of nitrogens with zero attached hydrogens (tertiary/aromatic N) is 5. The first-order valence-corrected chi connectivity index (χ1v) is 9.57. The molecule has 0 aliphatic carbocycles. The summed E-state index contributed by atoms with van der Waals surface area (Å²) in [5, 5.41) is 9.14. The SMILES string of the molecule is O=C(O)CN1C[C@@H]2COC[C@H](C1)N(Cc1cnc(N3CCOCC3)nc1)C2. The Balaban J connectivity index is 1.41. The molecule has 148 valence electrons. The van der Waals surface area contributed by atoms with Crippen molar-refractivity contribution in [2.75, 3.05) is 70.6 Å². The van der Waals surface area contributed by atoms with Crippen LogP contribution in [0.4, 0.5) is 5.95 Å². The van der Waals surface area contributed by atoms with Crippen LogP contribution in [0.25, 0.3) is 0 Å². The van der Waals surface area contributed by atoms with Gasteiger partial charge in [-0.3, -0.25) is 14.6 Å². The van der Waals surface area contributed by atoms with Gasteiger partial charge in [0.2, 0.25) is 5.95 Å². The predicted molar refractivity (Wildman–Crippen MR) is 97.6 cm³/mol. The van der Waals surface area contributed by atoms with Gasteiger partial charge in [-0.05, 0) is 0 Å². The number of carboxylic acid groups (broad SMARTS) is 1. The number of ether oxygens (including phenoxy) is 2. The zero-order valence-corrected chi connectivity index (χ0v) is 15.5. The number of aromatic nitrogens is 2. The van der Waals surface area contributed by atoms with Gasteiger partial charge in [-0.15, -0.1) is 0 Å². The Hall–Kier alpha value is -1.81. The number of morpholine rings is 1. The molecule has 0 aromatic carbocycles. The number of rotatable bonds is 5. The summed E-state index contributed by atoms with van der Waals surface area (Å²) >= 11 is 0. The van der Waals surface area contributed by atoms with Gasteiger partial charge >= 0.3 is 5.97 Å². The van der Waals surface area contributed by atoms with Crippen LogP contribution in [-0.4, -0.2) is 103 Å². The van der Waals surface area contributed by atoms with Gasteiger partial charge in [0.15, 0.2) is 0 Å². The van der Waals surface area contributed by atoms with E-state index >= 15 is 0 Å². The van der Waals surface area contributed by atoms with Gasteiger partial charge in [-0.25, -0.2) is 9.97 Å². The van der Waals surface area contributed by atoms with E-state index in [1.54, 1.807) is 0 Å². The monoisotopic (exact) mass is 377 g/mol. The van der Waals surface area contributed by atoms with Crippen LogP contribution in [0.2, 0.25) is 0 Å². The molecule has 4 heterocycles. The second-order valence-corrected chi connectivity index (χ2v) is 7.57. The smallest absolute Gasteiger partial charge is 0.317 e. The normalized spacial score (nSPS) is 27.3. The van der Waals surface area contributed by atoms with Crippen molar-refractivity contribution in [2.24, 2.45) is 5.92 Å². The minimum absolute atomic E-state index is 0.0954. The van der Waals surface area contributed by atoms with Crippen molar-refractivity contribution in [3.8, 4) is 0 Å². The minimum Gasteiger partial charge on any atom is -0.480 e.